The lowest BCUT2D eigenvalue weighted by Gasteiger charge is -2.08. The van der Waals surface area contributed by atoms with E-state index in [1.54, 1.807) is 18.2 Å². The van der Waals surface area contributed by atoms with Crippen molar-refractivity contribution in [3.05, 3.63) is 59.4 Å². The summed E-state index contributed by atoms with van der Waals surface area (Å²) in [7, 11) is 0. The van der Waals surface area contributed by atoms with E-state index in [1.807, 2.05) is 0 Å². The predicted molar refractivity (Wildman–Crippen MR) is 73.8 cm³/mol. The molecule has 3 N–H and O–H groups in total. The van der Waals surface area contributed by atoms with Crippen molar-refractivity contribution in [3.8, 4) is 5.75 Å². The van der Waals surface area contributed by atoms with Gasteiger partial charge in [-0.3, -0.25) is 9.59 Å². The van der Waals surface area contributed by atoms with E-state index in [0.717, 1.165) is 12.1 Å². The lowest BCUT2D eigenvalue weighted by Crippen LogP contribution is -2.12. The molecule has 0 saturated heterocycles. The van der Waals surface area contributed by atoms with E-state index in [2.05, 4.69) is 5.32 Å². The number of phenolic OH excluding ortho intramolecular Hbond substituents is 1. The fourth-order valence-electron chi connectivity index (χ4n) is 1.83. The third-order valence-corrected chi connectivity index (χ3v) is 2.74. The first-order chi connectivity index (χ1) is 9.95. The molecule has 0 aromatic heterocycles. The number of phenols is 1. The lowest BCUT2D eigenvalue weighted by molar-refractivity contribution is -0.136. The Morgan fingerprint density at radius 1 is 1.14 bits per heavy atom. The van der Waals surface area contributed by atoms with Crippen LogP contribution in [0.15, 0.2) is 42.5 Å². The summed E-state index contributed by atoms with van der Waals surface area (Å²) < 4.78 is 12.9. The van der Waals surface area contributed by atoms with Gasteiger partial charge in [0.1, 0.15) is 11.6 Å². The highest BCUT2D eigenvalue weighted by Crippen LogP contribution is 2.20. The summed E-state index contributed by atoms with van der Waals surface area (Å²) in [5, 5.41) is 20.8. The molecule has 2 aromatic rings. The molecule has 1 amide bonds. The fourth-order valence-corrected chi connectivity index (χ4v) is 1.83. The molecule has 0 aliphatic heterocycles. The SMILES string of the molecule is O=C(O)Cc1cccc(NC(=O)c2ccc(F)cc2O)c1. The molecule has 5 nitrogen and oxygen atoms in total. The lowest BCUT2D eigenvalue weighted by atomic mass is 10.1. The van der Waals surface area contributed by atoms with Crippen molar-refractivity contribution < 1.29 is 24.2 Å². The largest absolute Gasteiger partial charge is 0.507 e. The molecule has 0 heterocycles. The van der Waals surface area contributed by atoms with Gasteiger partial charge in [0.2, 0.25) is 0 Å². The van der Waals surface area contributed by atoms with Gasteiger partial charge in [0, 0.05) is 11.8 Å². The number of hydrogen-bond donors (Lipinski definition) is 3. The Hall–Kier alpha value is -2.89. The van der Waals surface area contributed by atoms with E-state index in [4.69, 9.17) is 5.11 Å². The van der Waals surface area contributed by atoms with Gasteiger partial charge in [0.15, 0.2) is 0 Å². The highest BCUT2D eigenvalue weighted by molar-refractivity contribution is 6.06. The molecular formula is C15H12FNO4. The maximum absolute atomic E-state index is 12.9. The molecule has 21 heavy (non-hydrogen) atoms. The van der Waals surface area contributed by atoms with Gasteiger partial charge in [-0.2, -0.15) is 0 Å². The zero-order valence-corrected chi connectivity index (χ0v) is 10.8. The molecule has 0 saturated carbocycles. The number of carboxylic acid groups (broad SMARTS) is 1. The van der Waals surface area contributed by atoms with Gasteiger partial charge >= 0.3 is 5.97 Å². The standard InChI is InChI=1S/C15H12FNO4/c16-10-4-5-12(13(18)8-10)15(21)17-11-3-1-2-9(6-11)7-14(19)20/h1-6,8,18H,7H2,(H,17,21)(H,19,20). The molecule has 0 spiro atoms. The molecule has 0 radical (unpaired) electrons. The van der Waals surface area contributed by atoms with Crippen molar-refractivity contribution in [2.45, 2.75) is 6.42 Å². The molecular weight excluding hydrogens is 277 g/mol. The summed E-state index contributed by atoms with van der Waals surface area (Å²) in [6.45, 7) is 0. The quantitative estimate of drug-likeness (QED) is 0.806. The first kappa shape index (κ1) is 14.5. The highest BCUT2D eigenvalue weighted by atomic mass is 19.1. The molecule has 0 atom stereocenters. The maximum Gasteiger partial charge on any atom is 0.307 e. The van der Waals surface area contributed by atoms with Gasteiger partial charge in [0.05, 0.1) is 12.0 Å². The second-order valence-corrected chi connectivity index (χ2v) is 4.39. The van der Waals surface area contributed by atoms with E-state index in [-0.39, 0.29) is 12.0 Å². The molecule has 0 unspecified atom stereocenters. The molecule has 2 aromatic carbocycles. The monoisotopic (exact) mass is 289 g/mol. The minimum absolute atomic E-state index is 0.0694. The zero-order valence-electron chi connectivity index (χ0n) is 10.8. The van der Waals surface area contributed by atoms with Crippen LogP contribution in [0.4, 0.5) is 10.1 Å². The molecule has 0 fully saturated rings. The number of hydrogen-bond acceptors (Lipinski definition) is 3. The Kier molecular flexibility index (Phi) is 4.18. The number of carboxylic acids is 1. The number of anilines is 1. The summed E-state index contributed by atoms with van der Waals surface area (Å²) in [5.41, 5.74) is 0.853. The molecule has 0 aliphatic carbocycles. The normalized spacial score (nSPS) is 10.1. The zero-order chi connectivity index (χ0) is 15.4. The highest BCUT2D eigenvalue weighted by Gasteiger charge is 2.12. The van der Waals surface area contributed by atoms with Crippen molar-refractivity contribution in [2.75, 3.05) is 5.32 Å². The number of rotatable bonds is 4. The van der Waals surface area contributed by atoms with Gasteiger partial charge in [-0.15, -0.1) is 0 Å². The van der Waals surface area contributed by atoms with Crippen LogP contribution in [0.25, 0.3) is 0 Å². The Morgan fingerprint density at radius 2 is 1.90 bits per heavy atom. The average Bonchev–Trinajstić information content (AvgIpc) is 2.37. The maximum atomic E-state index is 12.9. The molecule has 6 heteroatoms. The molecule has 0 aliphatic rings. The van der Waals surface area contributed by atoms with Crippen LogP contribution in [0.2, 0.25) is 0 Å². The molecule has 108 valence electrons. The van der Waals surface area contributed by atoms with Gasteiger partial charge in [-0.1, -0.05) is 12.1 Å². The van der Waals surface area contributed by atoms with E-state index in [1.165, 1.54) is 12.1 Å². The summed E-state index contributed by atoms with van der Waals surface area (Å²) in [6.07, 6.45) is -0.161. The van der Waals surface area contributed by atoms with Crippen molar-refractivity contribution in [2.24, 2.45) is 0 Å². The summed E-state index contributed by atoms with van der Waals surface area (Å²) in [4.78, 5) is 22.6. The predicted octanol–water partition coefficient (Wildman–Crippen LogP) is 2.41. The van der Waals surface area contributed by atoms with Crippen LogP contribution in [0.1, 0.15) is 15.9 Å². The van der Waals surface area contributed by atoms with E-state index in [9.17, 15) is 19.1 Å². The average molecular weight is 289 g/mol. The first-order valence-corrected chi connectivity index (χ1v) is 6.06. The van der Waals surface area contributed by atoms with Crippen LogP contribution in [0.3, 0.4) is 0 Å². The summed E-state index contributed by atoms with van der Waals surface area (Å²) in [6, 6.07) is 9.42. The fraction of sp³-hybridized carbons (Fsp3) is 0.0667. The van der Waals surface area contributed by atoms with Crippen LogP contribution in [-0.4, -0.2) is 22.1 Å². The molecule has 0 bridgehead atoms. The second kappa shape index (κ2) is 6.04. The third kappa shape index (κ3) is 3.79. The van der Waals surface area contributed by atoms with Crippen LogP contribution >= 0.6 is 0 Å². The number of nitrogens with one attached hydrogen (secondary N) is 1. The van der Waals surface area contributed by atoms with E-state index in [0.29, 0.717) is 11.3 Å². The number of aliphatic carboxylic acids is 1. The first-order valence-electron chi connectivity index (χ1n) is 6.06. The third-order valence-electron chi connectivity index (χ3n) is 2.74. The van der Waals surface area contributed by atoms with Gasteiger partial charge in [-0.25, -0.2) is 4.39 Å². The molecule has 2 rings (SSSR count). The summed E-state index contributed by atoms with van der Waals surface area (Å²) in [5.74, 6) is -2.70. The number of amides is 1. The number of halogens is 1. The van der Waals surface area contributed by atoms with Gasteiger partial charge in [0.25, 0.3) is 5.91 Å². The number of carbonyl (C=O) groups excluding carboxylic acids is 1. The van der Waals surface area contributed by atoms with Crippen LogP contribution in [-0.2, 0) is 11.2 Å². The Balaban J connectivity index is 2.17. The van der Waals surface area contributed by atoms with Crippen LogP contribution in [0, 0.1) is 5.82 Å². The van der Waals surface area contributed by atoms with Crippen molar-refractivity contribution in [1.82, 2.24) is 0 Å². The van der Waals surface area contributed by atoms with E-state index >= 15 is 0 Å². The topological polar surface area (TPSA) is 86.6 Å². The Bertz CT molecular complexity index is 700. The van der Waals surface area contributed by atoms with Gasteiger partial charge in [-0.05, 0) is 29.8 Å². The van der Waals surface area contributed by atoms with Gasteiger partial charge < -0.3 is 15.5 Å². The minimum atomic E-state index is -0.977. The van der Waals surface area contributed by atoms with Crippen molar-refractivity contribution in [1.29, 1.82) is 0 Å². The van der Waals surface area contributed by atoms with Crippen LogP contribution < -0.4 is 5.32 Å². The van der Waals surface area contributed by atoms with E-state index < -0.39 is 23.4 Å². The number of aromatic hydroxyl groups is 1. The Labute approximate surface area is 119 Å². The van der Waals surface area contributed by atoms with Crippen molar-refractivity contribution in [3.63, 3.8) is 0 Å². The van der Waals surface area contributed by atoms with Crippen molar-refractivity contribution >= 4 is 17.6 Å². The summed E-state index contributed by atoms with van der Waals surface area (Å²) >= 11 is 0. The minimum Gasteiger partial charge on any atom is -0.507 e. The Morgan fingerprint density at radius 3 is 2.57 bits per heavy atom. The second-order valence-electron chi connectivity index (χ2n) is 4.39. The number of carbonyl (C=O) groups is 2. The number of benzene rings is 2. The van der Waals surface area contributed by atoms with Crippen LogP contribution in [0.5, 0.6) is 5.75 Å². The smallest absolute Gasteiger partial charge is 0.307 e.